The molecule has 1 N–H and O–H groups in total. The molecule has 0 aromatic heterocycles. The Balaban J connectivity index is 1.75. The second kappa shape index (κ2) is 4.44. The maximum atomic E-state index is 12.5. The number of ketones is 1. The van der Waals surface area contributed by atoms with Crippen LogP contribution in [0.5, 0.6) is 0 Å². The molecule has 0 spiro atoms. The Kier molecular flexibility index (Phi) is 2.96. The van der Waals surface area contributed by atoms with Crippen molar-refractivity contribution in [2.45, 2.75) is 33.1 Å². The SMILES string of the molecule is CCC1(C(=O)O)C2CC(Cc3ccccc3C)C(=O)C21. The van der Waals surface area contributed by atoms with Crippen molar-refractivity contribution in [3.63, 3.8) is 0 Å². The van der Waals surface area contributed by atoms with Crippen LogP contribution >= 0.6 is 0 Å². The predicted molar refractivity (Wildman–Crippen MR) is 75.3 cm³/mol. The van der Waals surface area contributed by atoms with Crippen molar-refractivity contribution < 1.29 is 14.7 Å². The first-order chi connectivity index (χ1) is 9.52. The van der Waals surface area contributed by atoms with Crippen LogP contribution in [0.25, 0.3) is 0 Å². The summed E-state index contributed by atoms with van der Waals surface area (Å²) in [6.45, 7) is 3.94. The monoisotopic (exact) mass is 272 g/mol. The average molecular weight is 272 g/mol. The Labute approximate surface area is 119 Å². The van der Waals surface area contributed by atoms with Gasteiger partial charge in [0, 0.05) is 11.8 Å². The summed E-state index contributed by atoms with van der Waals surface area (Å²) in [6, 6.07) is 8.12. The summed E-state index contributed by atoms with van der Waals surface area (Å²) in [5, 5.41) is 9.40. The second-order valence-corrected chi connectivity index (χ2v) is 6.25. The lowest BCUT2D eigenvalue weighted by Gasteiger charge is -2.19. The van der Waals surface area contributed by atoms with E-state index in [1.54, 1.807) is 0 Å². The zero-order valence-corrected chi connectivity index (χ0v) is 11.9. The van der Waals surface area contributed by atoms with Gasteiger partial charge in [-0.05, 0) is 43.2 Å². The summed E-state index contributed by atoms with van der Waals surface area (Å²) in [4.78, 5) is 23.9. The van der Waals surface area contributed by atoms with E-state index in [-0.39, 0.29) is 23.5 Å². The zero-order valence-electron chi connectivity index (χ0n) is 11.9. The fourth-order valence-electron chi connectivity index (χ4n) is 4.21. The van der Waals surface area contributed by atoms with Gasteiger partial charge in [0.2, 0.25) is 0 Å². The van der Waals surface area contributed by atoms with Gasteiger partial charge in [0.1, 0.15) is 5.78 Å². The number of aliphatic carboxylic acids is 1. The van der Waals surface area contributed by atoms with E-state index in [0.717, 1.165) is 12.8 Å². The molecule has 0 heterocycles. The number of aryl methyl sites for hydroxylation is 1. The van der Waals surface area contributed by atoms with Gasteiger partial charge in [0.05, 0.1) is 5.41 Å². The van der Waals surface area contributed by atoms with E-state index in [9.17, 15) is 14.7 Å². The second-order valence-electron chi connectivity index (χ2n) is 6.25. The number of carboxylic acid groups (broad SMARTS) is 1. The first-order valence-electron chi connectivity index (χ1n) is 7.34. The minimum atomic E-state index is -0.780. The number of benzene rings is 1. The summed E-state index contributed by atoms with van der Waals surface area (Å²) >= 11 is 0. The molecule has 3 rings (SSSR count). The third-order valence-electron chi connectivity index (χ3n) is 5.47. The lowest BCUT2D eigenvalue weighted by atomic mass is 9.84. The number of hydrogen-bond donors (Lipinski definition) is 1. The van der Waals surface area contributed by atoms with E-state index < -0.39 is 11.4 Å². The number of hydrogen-bond acceptors (Lipinski definition) is 2. The Hall–Kier alpha value is -1.64. The number of carbonyl (C=O) groups excluding carboxylic acids is 1. The highest BCUT2D eigenvalue weighted by Gasteiger charge is 2.75. The van der Waals surface area contributed by atoms with E-state index in [1.807, 2.05) is 19.1 Å². The smallest absolute Gasteiger partial charge is 0.310 e. The van der Waals surface area contributed by atoms with Crippen molar-refractivity contribution >= 4 is 11.8 Å². The zero-order chi connectivity index (χ0) is 14.5. The third kappa shape index (κ3) is 1.65. The first-order valence-corrected chi connectivity index (χ1v) is 7.34. The molecule has 2 aliphatic rings. The number of carbonyl (C=O) groups is 2. The lowest BCUT2D eigenvalue weighted by Crippen LogP contribution is -2.27. The van der Waals surface area contributed by atoms with Gasteiger partial charge in [-0.2, -0.15) is 0 Å². The molecule has 2 fully saturated rings. The molecule has 1 aromatic carbocycles. The van der Waals surface area contributed by atoms with Crippen molar-refractivity contribution in [1.29, 1.82) is 0 Å². The van der Waals surface area contributed by atoms with Crippen molar-refractivity contribution in [2.24, 2.45) is 23.2 Å². The summed E-state index contributed by atoms with van der Waals surface area (Å²) in [5.74, 6) is -0.726. The van der Waals surface area contributed by atoms with Crippen LogP contribution in [-0.4, -0.2) is 16.9 Å². The quantitative estimate of drug-likeness (QED) is 0.917. The Morgan fingerprint density at radius 2 is 2.10 bits per heavy atom. The summed E-state index contributed by atoms with van der Waals surface area (Å²) < 4.78 is 0. The molecule has 3 heteroatoms. The van der Waals surface area contributed by atoms with E-state index in [4.69, 9.17) is 0 Å². The van der Waals surface area contributed by atoms with Crippen LogP contribution in [0, 0.1) is 30.1 Å². The molecule has 20 heavy (non-hydrogen) atoms. The average Bonchev–Trinajstić information content (AvgIpc) is 2.97. The van der Waals surface area contributed by atoms with Crippen LogP contribution in [0.3, 0.4) is 0 Å². The third-order valence-corrected chi connectivity index (χ3v) is 5.47. The number of carboxylic acids is 1. The fraction of sp³-hybridized carbons (Fsp3) is 0.529. The van der Waals surface area contributed by atoms with Crippen molar-refractivity contribution in [1.82, 2.24) is 0 Å². The molecule has 0 radical (unpaired) electrons. The Bertz CT molecular complexity index is 577. The Morgan fingerprint density at radius 3 is 2.60 bits per heavy atom. The van der Waals surface area contributed by atoms with Crippen LogP contribution < -0.4 is 0 Å². The van der Waals surface area contributed by atoms with E-state index >= 15 is 0 Å². The van der Waals surface area contributed by atoms with Crippen LogP contribution in [0.15, 0.2) is 24.3 Å². The fourth-order valence-corrected chi connectivity index (χ4v) is 4.21. The highest BCUT2D eigenvalue weighted by Crippen LogP contribution is 2.69. The molecular formula is C17H20O3. The largest absolute Gasteiger partial charge is 0.481 e. The summed E-state index contributed by atoms with van der Waals surface area (Å²) in [5.41, 5.74) is 1.68. The number of rotatable bonds is 4. The van der Waals surface area contributed by atoms with Crippen LogP contribution in [0.1, 0.15) is 30.9 Å². The van der Waals surface area contributed by atoms with Crippen molar-refractivity contribution in [3.05, 3.63) is 35.4 Å². The highest BCUT2D eigenvalue weighted by atomic mass is 16.4. The van der Waals surface area contributed by atoms with Crippen molar-refractivity contribution in [2.75, 3.05) is 0 Å². The summed E-state index contributed by atoms with van der Waals surface area (Å²) in [7, 11) is 0. The molecule has 0 bridgehead atoms. The molecule has 2 saturated carbocycles. The topological polar surface area (TPSA) is 54.4 Å². The predicted octanol–water partition coefficient (Wildman–Crippen LogP) is 2.85. The van der Waals surface area contributed by atoms with E-state index in [2.05, 4.69) is 19.1 Å². The van der Waals surface area contributed by atoms with Gasteiger partial charge in [0.15, 0.2) is 0 Å². The van der Waals surface area contributed by atoms with E-state index in [1.165, 1.54) is 11.1 Å². The lowest BCUT2D eigenvalue weighted by molar-refractivity contribution is -0.147. The maximum Gasteiger partial charge on any atom is 0.310 e. The van der Waals surface area contributed by atoms with Gasteiger partial charge in [-0.15, -0.1) is 0 Å². The van der Waals surface area contributed by atoms with Gasteiger partial charge in [-0.1, -0.05) is 31.2 Å². The number of Topliss-reactive ketones (excluding diaryl/α,β-unsaturated/α-hetero) is 1. The normalized spacial score (nSPS) is 34.9. The first kappa shape index (κ1) is 13.3. The summed E-state index contributed by atoms with van der Waals surface area (Å²) in [6.07, 6.45) is 2.08. The van der Waals surface area contributed by atoms with Gasteiger partial charge in [-0.3, -0.25) is 9.59 Å². The molecule has 4 unspecified atom stereocenters. The minimum Gasteiger partial charge on any atom is -0.481 e. The van der Waals surface area contributed by atoms with E-state index in [0.29, 0.717) is 6.42 Å². The van der Waals surface area contributed by atoms with Gasteiger partial charge in [-0.25, -0.2) is 0 Å². The molecule has 3 nitrogen and oxygen atoms in total. The molecule has 0 aliphatic heterocycles. The Morgan fingerprint density at radius 1 is 1.40 bits per heavy atom. The van der Waals surface area contributed by atoms with Crippen LogP contribution in [0.2, 0.25) is 0 Å². The molecule has 106 valence electrons. The molecule has 0 saturated heterocycles. The minimum absolute atomic E-state index is 0.0186. The number of fused-ring (bicyclic) bond motifs is 1. The van der Waals surface area contributed by atoms with Crippen LogP contribution in [0.4, 0.5) is 0 Å². The molecule has 1 aromatic rings. The molecule has 2 aliphatic carbocycles. The molecular weight excluding hydrogens is 252 g/mol. The van der Waals surface area contributed by atoms with Gasteiger partial charge < -0.3 is 5.11 Å². The maximum absolute atomic E-state index is 12.5. The molecule has 0 amide bonds. The van der Waals surface area contributed by atoms with Crippen molar-refractivity contribution in [3.8, 4) is 0 Å². The van der Waals surface area contributed by atoms with Gasteiger partial charge >= 0.3 is 5.97 Å². The van der Waals surface area contributed by atoms with Gasteiger partial charge in [0.25, 0.3) is 0 Å². The standard InChI is InChI=1S/C17H20O3/c1-3-17(16(19)20)13-9-12(15(18)14(13)17)8-11-7-5-4-6-10(11)2/h4-7,12-14H,3,8-9H2,1-2H3,(H,19,20). The molecule has 4 atom stereocenters. The highest BCUT2D eigenvalue weighted by molar-refractivity contribution is 5.98. The van der Waals surface area contributed by atoms with Crippen LogP contribution in [-0.2, 0) is 16.0 Å².